The van der Waals surface area contributed by atoms with Crippen LogP contribution in [-0.4, -0.2) is 27.5 Å². The molecule has 28 heavy (non-hydrogen) atoms. The average molecular weight is 407 g/mol. The molecular weight excluding hydrogens is 390 g/mol. The molecule has 6 nitrogen and oxygen atoms in total. The Morgan fingerprint density at radius 3 is 2.39 bits per heavy atom. The quantitative estimate of drug-likeness (QED) is 0.661. The van der Waals surface area contributed by atoms with Crippen molar-refractivity contribution in [2.24, 2.45) is 0 Å². The maximum atomic E-state index is 12.6. The minimum atomic E-state index is -2.89. The fraction of sp³-hybridized carbons (Fsp3) is 0.211. The van der Waals surface area contributed by atoms with E-state index >= 15 is 0 Å². The molecule has 1 aromatic heterocycles. The zero-order valence-electron chi connectivity index (χ0n) is 15.1. The molecule has 0 radical (unpaired) electrons. The van der Waals surface area contributed by atoms with Crippen LogP contribution in [0, 0.1) is 6.92 Å². The van der Waals surface area contributed by atoms with E-state index in [-0.39, 0.29) is 23.4 Å². The van der Waals surface area contributed by atoms with Gasteiger partial charge < -0.3 is 10.1 Å². The van der Waals surface area contributed by atoms with Gasteiger partial charge in [0.1, 0.15) is 5.75 Å². The molecule has 1 N–H and O–H groups in total. The van der Waals surface area contributed by atoms with Crippen molar-refractivity contribution in [3.8, 4) is 11.4 Å². The van der Waals surface area contributed by atoms with Gasteiger partial charge in [0.05, 0.1) is 17.4 Å². The van der Waals surface area contributed by atoms with Crippen LogP contribution >= 0.6 is 11.6 Å². The predicted octanol–water partition coefficient (Wildman–Crippen LogP) is 4.32. The van der Waals surface area contributed by atoms with Crippen LogP contribution in [0.5, 0.6) is 5.75 Å². The molecule has 0 saturated heterocycles. The standard InChI is InChI=1S/C19H17ClF2N4O2/c1-11(13-3-5-14(20)6-4-13)23-18(27)17-12(2)26(25-24-17)15-7-9-16(10-8-15)28-19(21)22/h3-11,19H,1-2H3,(H,23,27). The van der Waals surface area contributed by atoms with Crippen LogP contribution in [-0.2, 0) is 0 Å². The summed E-state index contributed by atoms with van der Waals surface area (Å²) in [6.45, 7) is 0.658. The molecule has 0 aliphatic carbocycles. The van der Waals surface area contributed by atoms with E-state index in [1.54, 1.807) is 31.2 Å². The van der Waals surface area contributed by atoms with E-state index in [1.165, 1.54) is 16.8 Å². The van der Waals surface area contributed by atoms with Gasteiger partial charge in [-0.15, -0.1) is 5.10 Å². The third-order valence-corrected chi connectivity index (χ3v) is 4.39. The molecule has 3 aromatic rings. The van der Waals surface area contributed by atoms with Gasteiger partial charge in [-0.1, -0.05) is 28.9 Å². The molecule has 1 atom stereocenters. The number of hydrogen-bond acceptors (Lipinski definition) is 4. The van der Waals surface area contributed by atoms with Crippen LogP contribution in [0.1, 0.15) is 34.7 Å². The van der Waals surface area contributed by atoms with Crippen molar-refractivity contribution < 1.29 is 18.3 Å². The first-order valence-corrected chi connectivity index (χ1v) is 8.77. The second kappa shape index (κ2) is 8.35. The van der Waals surface area contributed by atoms with Gasteiger partial charge in [0, 0.05) is 5.02 Å². The van der Waals surface area contributed by atoms with Crippen LogP contribution in [0.25, 0.3) is 5.69 Å². The Bertz CT molecular complexity index is 959. The highest BCUT2D eigenvalue weighted by molar-refractivity contribution is 6.30. The zero-order chi connectivity index (χ0) is 20.3. The Hall–Kier alpha value is -3.00. The second-order valence-electron chi connectivity index (χ2n) is 6.05. The van der Waals surface area contributed by atoms with Crippen LogP contribution in [0.2, 0.25) is 5.02 Å². The van der Waals surface area contributed by atoms with Crippen LogP contribution in [0.15, 0.2) is 48.5 Å². The maximum Gasteiger partial charge on any atom is 0.387 e. The number of alkyl halides is 2. The first-order chi connectivity index (χ1) is 13.3. The molecule has 1 heterocycles. The number of nitrogens with zero attached hydrogens (tertiary/aromatic N) is 3. The lowest BCUT2D eigenvalue weighted by molar-refractivity contribution is -0.0498. The Kier molecular flexibility index (Phi) is 5.89. The molecule has 0 spiro atoms. The van der Waals surface area contributed by atoms with Crippen LogP contribution in [0.3, 0.4) is 0 Å². The molecule has 0 aliphatic heterocycles. The third kappa shape index (κ3) is 4.45. The lowest BCUT2D eigenvalue weighted by atomic mass is 10.1. The summed E-state index contributed by atoms with van der Waals surface area (Å²) in [6, 6.07) is 12.8. The lowest BCUT2D eigenvalue weighted by Gasteiger charge is -2.13. The molecule has 0 aliphatic rings. The normalized spacial score (nSPS) is 12.1. The van der Waals surface area contributed by atoms with Gasteiger partial charge >= 0.3 is 6.61 Å². The van der Waals surface area contributed by atoms with Gasteiger partial charge in [0.15, 0.2) is 5.69 Å². The van der Waals surface area contributed by atoms with E-state index in [4.69, 9.17) is 11.6 Å². The van der Waals surface area contributed by atoms with Gasteiger partial charge in [-0.05, 0) is 55.8 Å². The smallest absolute Gasteiger partial charge is 0.387 e. The maximum absolute atomic E-state index is 12.6. The predicted molar refractivity (Wildman–Crippen MR) is 100 cm³/mol. The number of amides is 1. The minimum Gasteiger partial charge on any atom is -0.435 e. The number of hydrogen-bond donors (Lipinski definition) is 1. The number of benzene rings is 2. The van der Waals surface area contributed by atoms with Gasteiger partial charge in [-0.25, -0.2) is 4.68 Å². The third-order valence-electron chi connectivity index (χ3n) is 4.13. The molecule has 1 amide bonds. The second-order valence-corrected chi connectivity index (χ2v) is 6.49. The SMILES string of the molecule is Cc1c(C(=O)NC(C)c2ccc(Cl)cc2)nnn1-c1ccc(OC(F)F)cc1. The average Bonchev–Trinajstić information content (AvgIpc) is 3.04. The fourth-order valence-electron chi connectivity index (χ4n) is 2.65. The van der Waals surface area contributed by atoms with E-state index in [0.29, 0.717) is 16.4 Å². The molecule has 1 unspecified atom stereocenters. The summed E-state index contributed by atoms with van der Waals surface area (Å²) in [5.74, 6) is -0.338. The molecule has 3 rings (SSSR count). The van der Waals surface area contributed by atoms with E-state index < -0.39 is 6.61 Å². The Morgan fingerprint density at radius 1 is 1.14 bits per heavy atom. The summed E-state index contributed by atoms with van der Waals surface area (Å²) >= 11 is 5.88. The van der Waals surface area contributed by atoms with E-state index in [1.807, 2.05) is 19.1 Å². The molecular formula is C19H17ClF2N4O2. The van der Waals surface area contributed by atoms with Crippen molar-refractivity contribution in [1.29, 1.82) is 0 Å². The van der Waals surface area contributed by atoms with Crippen molar-refractivity contribution in [3.05, 3.63) is 70.5 Å². The van der Waals surface area contributed by atoms with Gasteiger partial charge in [-0.3, -0.25) is 4.79 Å². The Labute approximate surface area is 165 Å². The Morgan fingerprint density at radius 2 is 1.79 bits per heavy atom. The summed E-state index contributed by atoms with van der Waals surface area (Å²) in [5.41, 5.74) is 2.16. The zero-order valence-corrected chi connectivity index (χ0v) is 15.8. The number of halogens is 3. The van der Waals surface area contributed by atoms with Crippen molar-refractivity contribution in [2.45, 2.75) is 26.5 Å². The summed E-state index contributed by atoms with van der Waals surface area (Å²) in [4.78, 5) is 12.6. The molecule has 0 fully saturated rings. The number of carbonyl (C=O) groups is 1. The summed E-state index contributed by atoms with van der Waals surface area (Å²) < 4.78 is 30.3. The number of aromatic nitrogens is 3. The molecule has 0 bridgehead atoms. The van der Waals surface area contributed by atoms with E-state index in [9.17, 15) is 13.6 Å². The largest absolute Gasteiger partial charge is 0.435 e. The molecule has 0 saturated carbocycles. The first-order valence-electron chi connectivity index (χ1n) is 8.39. The highest BCUT2D eigenvalue weighted by Crippen LogP contribution is 2.20. The van der Waals surface area contributed by atoms with Gasteiger partial charge in [0.25, 0.3) is 5.91 Å². The molecule has 9 heteroatoms. The van der Waals surface area contributed by atoms with Crippen LogP contribution in [0.4, 0.5) is 8.78 Å². The van der Waals surface area contributed by atoms with E-state index in [2.05, 4.69) is 20.4 Å². The number of carbonyl (C=O) groups excluding carboxylic acids is 1. The minimum absolute atomic E-state index is 0.0336. The van der Waals surface area contributed by atoms with Crippen molar-refractivity contribution in [3.63, 3.8) is 0 Å². The summed E-state index contributed by atoms with van der Waals surface area (Å²) in [7, 11) is 0. The lowest BCUT2D eigenvalue weighted by Crippen LogP contribution is -2.27. The van der Waals surface area contributed by atoms with Gasteiger partial charge in [-0.2, -0.15) is 8.78 Å². The van der Waals surface area contributed by atoms with Crippen LogP contribution < -0.4 is 10.1 Å². The summed E-state index contributed by atoms with van der Waals surface area (Å²) in [5, 5.41) is 11.4. The number of rotatable bonds is 6. The fourth-order valence-corrected chi connectivity index (χ4v) is 2.78. The highest BCUT2D eigenvalue weighted by Gasteiger charge is 2.19. The van der Waals surface area contributed by atoms with Crippen molar-refractivity contribution in [2.75, 3.05) is 0 Å². The van der Waals surface area contributed by atoms with E-state index in [0.717, 1.165) is 5.56 Å². The Balaban J connectivity index is 1.74. The van der Waals surface area contributed by atoms with Crippen molar-refractivity contribution >= 4 is 17.5 Å². The first kappa shape index (κ1) is 19.8. The molecule has 146 valence electrons. The molecule has 2 aromatic carbocycles. The topological polar surface area (TPSA) is 69.0 Å². The van der Waals surface area contributed by atoms with Gasteiger partial charge in [0.2, 0.25) is 0 Å². The number of nitrogens with one attached hydrogen (secondary N) is 1. The van der Waals surface area contributed by atoms with Crippen molar-refractivity contribution in [1.82, 2.24) is 20.3 Å². The summed E-state index contributed by atoms with van der Waals surface area (Å²) in [6.07, 6.45) is 0. The number of ether oxygens (including phenoxy) is 1. The monoisotopic (exact) mass is 406 g/mol. The highest BCUT2D eigenvalue weighted by atomic mass is 35.5.